The first-order chi connectivity index (χ1) is 12.3. The number of benzene rings is 2. The van der Waals surface area contributed by atoms with Crippen LogP contribution in [0.15, 0.2) is 53.4 Å². The lowest BCUT2D eigenvalue weighted by Gasteiger charge is -2.21. The van der Waals surface area contributed by atoms with Gasteiger partial charge in [0.2, 0.25) is 15.9 Å². The highest BCUT2D eigenvalue weighted by Crippen LogP contribution is 2.15. The minimum atomic E-state index is -3.79. The first kappa shape index (κ1) is 20.1. The Kier molecular flexibility index (Phi) is 6.90. The van der Waals surface area contributed by atoms with Gasteiger partial charge in [-0.05, 0) is 42.8 Å². The molecule has 6 nitrogen and oxygen atoms in total. The van der Waals surface area contributed by atoms with Gasteiger partial charge in [0, 0.05) is 25.2 Å². The molecule has 0 radical (unpaired) electrons. The Labute approximate surface area is 155 Å². The third-order valence-electron chi connectivity index (χ3n) is 4.20. The van der Waals surface area contributed by atoms with Crippen LogP contribution in [0.4, 0.5) is 5.69 Å². The van der Waals surface area contributed by atoms with E-state index in [0.717, 1.165) is 13.1 Å². The number of hydrogen-bond acceptors (Lipinski definition) is 4. The average molecular weight is 375 g/mol. The molecule has 26 heavy (non-hydrogen) atoms. The number of nitrogens with zero attached hydrogens (tertiary/aromatic N) is 1. The molecule has 0 aliphatic heterocycles. The SMILES string of the molecule is CCN(CCC(=O)Nc1cccc(S(N)(=O)=O)c1)Cc1ccccc1C. The van der Waals surface area contributed by atoms with Crippen molar-refractivity contribution < 1.29 is 13.2 Å². The lowest BCUT2D eigenvalue weighted by molar-refractivity contribution is -0.116. The Balaban J connectivity index is 1.92. The van der Waals surface area contributed by atoms with Crippen molar-refractivity contribution in [3.8, 4) is 0 Å². The molecule has 7 heteroatoms. The fraction of sp³-hybridized carbons (Fsp3) is 0.316. The predicted octanol–water partition coefficient (Wildman–Crippen LogP) is 2.49. The number of carbonyl (C=O) groups is 1. The zero-order valence-electron chi connectivity index (χ0n) is 15.1. The number of primary sulfonamides is 1. The van der Waals surface area contributed by atoms with Crippen molar-refractivity contribution in [1.82, 2.24) is 4.90 Å². The van der Waals surface area contributed by atoms with E-state index >= 15 is 0 Å². The lowest BCUT2D eigenvalue weighted by atomic mass is 10.1. The lowest BCUT2D eigenvalue weighted by Crippen LogP contribution is -2.27. The van der Waals surface area contributed by atoms with Gasteiger partial charge in [-0.1, -0.05) is 37.3 Å². The summed E-state index contributed by atoms with van der Waals surface area (Å²) < 4.78 is 22.8. The summed E-state index contributed by atoms with van der Waals surface area (Å²) in [4.78, 5) is 14.4. The van der Waals surface area contributed by atoms with Gasteiger partial charge in [0.05, 0.1) is 4.90 Å². The number of sulfonamides is 1. The fourth-order valence-corrected chi connectivity index (χ4v) is 3.17. The van der Waals surface area contributed by atoms with Crippen LogP contribution in [0, 0.1) is 6.92 Å². The van der Waals surface area contributed by atoms with Crippen LogP contribution in [-0.2, 0) is 21.4 Å². The van der Waals surface area contributed by atoms with E-state index in [2.05, 4.69) is 36.2 Å². The van der Waals surface area contributed by atoms with Crippen molar-refractivity contribution in [2.24, 2.45) is 5.14 Å². The first-order valence-corrected chi connectivity index (χ1v) is 10.0. The molecule has 0 atom stereocenters. The van der Waals surface area contributed by atoms with Gasteiger partial charge in [-0.15, -0.1) is 0 Å². The highest BCUT2D eigenvalue weighted by molar-refractivity contribution is 7.89. The second kappa shape index (κ2) is 8.93. The fourth-order valence-electron chi connectivity index (χ4n) is 2.61. The van der Waals surface area contributed by atoms with E-state index in [0.29, 0.717) is 18.7 Å². The second-order valence-electron chi connectivity index (χ2n) is 6.17. The molecule has 140 valence electrons. The van der Waals surface area contributed by atoms with Gasteiger partial charge in [-0.25, -0.2) is 13.6 Å². The number of nitrogens with two attached hydrogens (primary N) is 1. The molecule has 1 amide bonds. The minimum Gasteiger partial charge on any atom is -0.326 e. The molecule has 0 bridgehead atoms. The van der Waals surface area contributed by atoms with E-state index in [-0.39, 0.29) is 10.8 Å². The number of carbonyl (C=O) groups excluding carboxylic acids is 1. The van der Waals surface area contributed by atoms with Crippen molar-refractivity contribution in [3.05, 3.63) is 59.7 Å². The standard InChI is InChI=1S/C19H25N3O3S/c1-3-22(14-16-8-5-4-7-15(16)2)12-11-19(23)21-17-9-6-10-18(13-17)26(20,24)25/h4-10,13H,3,11-12,14H2,1-2H3,(H,21,23)(H2,20,24,25). The Hall–Kier alpha value is -2.22. The normalized spacial score (nSPS) is 11.5. The van der Waals surface area contributed by atoms with Gasteiger partial charge in [-0.3, -0.25) is 9.69 Å². The van der Waals surface area contributed by atoms with E-state index < -0.39 is 10.0 Å². The van der Waals surface area contributed by atoms with E-state index in [1.807, 2.05) is 12.1 Å². The summed E-state index contributed by atoms with van der Waals surface area (Å²) in [6, 6.07) is 14.1. The van der Waals surface area contributed by atoms with Crippen LogP contribution in [0.25, 0.3) is 0 Å². The van der Waals surface area contributed by atoms with Crippen LogP contribution in [0.2, 0.25) is 0 Å². The largest absolute Gasteiger partial charge is 0.326 e. The molecule has 0 aliphatic carbocycles. The maximum absolute atomic E-state index is 12.2. The van der Waals surface area contributed by atoms with E-state index in [1.165, 1.54) is 23.3 Å². The van der Waals surface area contributed by atoms with E-state index in [4.69, 9.17) is 5.14 Å². The summed E-state index contributed by atoms with van der Waals surface area (Å²) >= 11 is 0. The molecule has 0 saturated heterocycles. The number of rotatable bonds is 8. The third-order valence-corrected chi connectivity index (χ3v) is 5.11. The van der Waals surface area contributed by atoms with Crippen molar-refractivity contribution in [2.45, 2.75) is 31.7 Å². The number of aryl methyl sites for hydroxylation is 1. The zero-order valence-corrected chi connectivity index (χ0v) is 15.9. The van der Waals surface area contributed by atoms with Gasteiger partial charge in [0.25, 0.3) is 0 Å². The number of amides is 1. The van der Waals surface area contributed by atoms with E-state index in [1.54, 1.807) is 12.1 Å². The Morgan fingerprint density at radius 3 is 2.54 bits per heavy atom. The third kappa shape index (κ3) is 5.94. The summed E-state index contributed by atoms with van der Waals surface area (Å²) in [5.41, 5.74) is 2.90. The van der Waals surface area contributed by atoms with Crippen LogP contribution >= 0.6 is 0 Å². The molecule has 0 spiro atoms. The molecular formula is C19H25N3O3S. The predicted molar refractivity (Wildman–Crippen MR) is 103 cm³/mol. The molecule has 0 fully saturated rings. The van der Waals surface area contributed by atoms with Crippen LogP contribution in [0.1, 0.15) is 24.5 Å². The highest BCUT2D eigenvalue weighted by atomic mass is 32.2. The van der Waals surface area contributed by atoms with Gasteiger partial charge in [-0.2, -0.15) is 0 Å². The molecule has 0 aromatic heterocycles. The Bertz CT molecular complexity index is 866. The smallest absolute Gasteiger partial charge is 0.238 e. The number of hydrogen-bond donors (Lipinski definition) is 2. The van der Waals surface area contributed by atoms with Gasteiger partial charge >= 0.3 is 0 Å². The maximum Gasteiger partial charge on any atom is 0.238 e. The Morgan fingerprint density at radius 2 is 1.88 bits per heavy atom. The van der Waals surface area contributed by atoms with Crippen molar-refractivity contribution in [1.29, 1.82) is 0 Å². The molecule has 0 unspecified atom stereocenters. The van der Waals surface area contributed by atoms with Gasteiger partial charge in [0.1, 0.15) is 0 Å². The highest BCUT2D eigenvalue weighted by Gasteiger charge is 2.11. The average Bonchev–Trinajstić information content (AvgIpc) is 2.59. The molecule has 0 saturated carbocycles. The molecule has 2 aromatic carbocycles. The minimum absolute atomic E-state index is 0.0231. The van der Waals surface area contributed by atoms with E-state index in [9.17, 15) is 13.2 Å². The van der Waals surface area contributed by atoms with Crippen LogP contribution in [0.5, 0.6) is 0 Å². The maximum atomic E-state index is 12.2. The Morgan fingerprint density at radius 1 is 1.15 bits per heavy atom. The number of anilines is 1. The summed E-state index contributed by atoms with van der Waals surface area (Å²) in [5.74, 6) is -0.167. The summed E-state index contributed by atoms with van der Waals surface area (Å²) in [6.07, 6.45) is 0.319. The van der Waals surface area contributed by atoms with Crippen LogP contribution in [-0.4, -0.2) is 32.3 Å². The summed E-state index contributed by atoms with van der Waals surface area (Å²) in [7, 11) is -3.79. The number of nitrogens with one attached hydrogen (secondary N) is 1. The topological polar surface area (TPSA) is 92.5 Å². The summed E-state index contributed by atoms with van der Waals surface area (Å²) in [5, 5.41) is 7.83. The molecular weight excluding hydrogens is 350 g/mol. The first-order valence-electron chi connectivity index (χ1n) is 8.49. The second-order valence-corrected chi connectivity index (χ2v) is 7.73. The van der Waals surface area contributed by atoms with Gasteiger partial charge < -0.3 is 5.32 Å². The van der Waals surface area contributed by atoms with Crippen molar-refractivity contribution >= 4 is 21.6 Å². The van der Waals surface area contributed by atoms with Gasteiger partial charge in [0.15, 0.2) is 0 Å². The zero-order chi connectivity index (χ0) is 19.2. The van der Waals surface area contributed by atoms with Crippen molar-refractivity contribution in [3.63, 3.8) is 0 Å². The van der Waals surface area contributed by atoms with Crippen LogP contribution in [0.3, 0.4) is 0 Å². The monoisotopic (exact) mass is 375 g/mol. The van der Waals surface area contributed by atoms with Crippen LogP contribution < -0.4 is 10.5 Å². The molecule has 3 N–H and O–H groups in total. The molecule has 0 aliphatic rings. The summed E-state index contributed by atoms with van der Waals surface area (Å²) in [6.45, 7) is 6.38. The van der Waals surface area contributed by atoms with Crippen molar-refractivity contribution in [2.75, 3.05) is 18.4 Å². The molecule has 2 rings (SSSR count). The quantitative estimate of drug-likeness (QED) is 0.741. The molecule has 2 aromatic rings. The molecule has 0 heterocycles.